The van der Waals surface area contributed by atoms with Crippen molar-refractivity contribution in [3.8, 4) is 28.7 Å². The van der Waals surface area contributed by atoms with Crippen molar-refractivity contribution in [2.24, 2.45) is 4.99 Å². The number of ether oxygens (including phenoxy) is 5. The third-order valence-corrected chi connectivity index (χ3v) is 4.94. The minimum absolute atomic E-state index is 0.290. The van der Waals surface area contributed by atoms with E-state index in [-0.39, 0.29) is 6.79 Å². The topological polar surface area (TPSA) is 82.6 Å². The van der Waals surface area contributed by atoms with Crippen LogP contribution in [0.2, 0.25) is 0 Å². The lowest BCUT2D eigenvalue weighted by Crippen LogP contribution is -2.38. The number of benzene rings is 2. The molecule has 2 aromatic carbocycles. The summed E-state index contributed by atoms with van der Waals surface area (Å²) in [6, 6.07) is 9.75. The van der Waals surface area contributed by atoms with Gasteiger partial charge in [-0.1, -0.05) is 6.07 Å². The summed E-state index contributed by atoms with van der Waals surface area (Å²) in [7, 11) is 4.90. The molecule has 0 amide bonds. The molecule has 0 saturated carbocycles. The van der Waals surface area contributed by atoms with Gasteiger partial charge >= 0.3 is 0 Å². The molecular weight excluding hydrogens is 398 g/mol. The largest absolute Gasteiger partial charge is 0.496 e. The Morgan fingerprint density at radius 1 is 0.935 bits per heavy atom. The Morgan fingerprint density at radius 3 is 2.35 bits per heavy atom. The molecule has 1 heterocycles. The highest BCUT2D eigenvalue weighted by Crippen LogP contribution is 2.34. The van der Waals surface area contributed by atoms with Crippen LogP contribution in [0.5, 0.6) is 28.7 Å². The van der Waals surface area contributed by atoms with Gasteiger partial charge in [0.05, 0.1) is 21.3 Å². The van der Waals surface area contributed by atoms with E-state index in [2.05, 4.69) is 16.7 Å². The van der Waals surface area contributed by atoms with Crippen molar-refractivity contribution in [3.63, 3.8) is 0 Å². The molecule has 0 aromatic heterocycles. The number of nitrogens with one attached hydrogen (secondary N) is 2. The standard InChI is InChI=1S/C23H31N3O5/c1-5-24-23(25-10-8-16-6-7-19-22(12-16)31-15-30-19)26-11-9-18-20(28-3)13-17(27-2)14-21(18)29-4/h6-7,12-14H,5,8-11,15H2,1-4H3,(H2,24,25,26). The third kappa shape index (κ3) is 5.87. The highest BCUT2D eigenvalue weighted by Gasteiger charge is 2.14. The highest BCUT2D eigenvalue weighted by atomic mass is 16.7. The van der Waals surface area contributed by atoms with Gasteiger partial charge in [-0.25, -0.2) is 0 Å². The van der Waals surface area contributed by atoms with Crippen molar-refractivity contribution in [3.05, 3.63) is 41.5 Å². The smallest absolute Gasteiger partial charge is 0.231 e. The van der Waals surface area contributed by atoms with E-state index in [0.717, 1.165) is 54.0 Å². The summed E-state index contributed by atoms with van der Waals surface area (Å²) in [5.74, 6) is 4.53. The highest BCUT2D eigenvalue weighted by molar-refractivity contribution is 5.79. The summed E-state index contributed by atoms with van der Waals surface area (Å²) in [4.78, 5) is 4.70. The van der Waals surface area contributed by atoms with E-state index in [4.69, 9.17) is 28.7 Å². The second kappa shape index (κ2) is 11.2. The summed E-state index contributed by atoms with van der Waals surface area (Å²) in [6.45, 7) is 4.45. The van der Waals surface area contributed by atoms with Crippen LogP contribution in [0.3, 0.4) is 0 Å². The number of rotatable bonds is 10. The maximum Gasteiger partial charge on any atom is 0.231 e. The molecule has 168 valence electrons. The fraction of sp³-hybridized carbons (Fsp3) is 0.435. The molecule has 0 radical (unpaired) electrons. The fourth-order valence-electron chi connectivity index (χ4n) is 3.37. The predicted octanol–water partition coefficient (Wildman–Crippen LogP) is 2.78. The van der Waals surface area contributed by atoms with Gasteiger partial charge < -0.3 is 34.3 Å². The molecule has 0 fully saturated rings. The van der Waals surface area contributed by atoms with Gasteiger partial charge in [-0.2, -0.15) is 0 Å². The van der Waals surface area contributed by atoms with Gasteiger partial charge in [-0.3, -0.25) is 4.99 Å². The first-order valence-corrected chi connectivity index (χ1v) is 10.4. The summed E-state index contributed by atoms with van der Waals surface area (Å²) >= 11 is 0. The first-order valence-electron chi connectivity index (χ1n) is 10.4. The molecular formula is C23H31N3O5. The number of aliphatic imine (C=N–C) groups is 1. The third-order valence-electron chi connectivity index (χ3n) is 4.94. The number of hydrogen-bond acceptors (Lipinski definition) is 6. The number of fused-ring (bicyclic) bond motifs is 1. The van der Waals surface area contributed by atoms with Gasteiger partial charge in [0, 0.05) is 37.3 Å². The zero-order valence-electron chi connectivity index (χ0n) is 18.6. The van der Waals surface area contributed by atoms with Crippen molar-refractivity contribution in [1.82, 2.24) is 10.6 Å². The van der Waals surface area contributed by atoms with Crippen molar-refractivity contribution in [1.29, 1.82) is 0 Å². The first-order chi connectivity index (χ1) is 15.2. The van der Waals surface area contributed by atoms with Crippen LogP contribution in [0.15, 0.2) is 35.3 Å². The van der Waals surface area contributed by atoms with Gasteiger partial charge in [0.1, 0.15) is 17.2 Å². The maximum atomic E-state index is 5.52. The lowest BCUT2D eigenvalue weighted by atomic mass is 10.1. The number of hydrogen-bond donors (Lipinski definition) is 2. The zero-order valence-corrected chi connectivity index (χ0v) is 18.6. The minimum Gasteiger partial charge on any atom is -0.496 e. The Labute approximate surface area is 183 Å². The Kier molecular flexibility index (Phi) is 8.09. The lowest BCUT2D eigenvalue weighted by molar-refractivity contribution is 0.174. The van der Waals surface area contributed by atoms with Gasteiger partial charge in [-0.15, -0.1) is 0 Å². The first kappa shape index (κ1) is 22.4. The average Bonchev–Trinajstić information content (AvgIpc) is 3.26. The minimum atomic E-state index is 0.290. The number of guanidine groups is 1. The Morgan fingerprint density at radius 2 is 1.68 bits per heavy atom. The Bertz CT molecular complexity index is 876. The van der Waals surface area contributed by atoms with Crippen LogP contribution in [0.1, 0.15) is 18.1 Å². The van der Waals surface area contributed by atoms with E-state index in [1.807, 2.05) is 31.2 Å². The van der Waals surface area contributed by atoms with E-state index in [0.29, 0.717) is 18.7 Å². The maximum absolute atomic E-state index is 5.52. The fourth-order valence-corrected chi connectivity index (χ4v) is 3.37. The van der Waals surface area contributed by atoms with E-state index in [1.165, 1.54) is 5.56 Å². The molecule has 2 aromatic rings. The normalized spacial score (nSPS) is 12.5. The quantitative estimate of drug-likeness (QED) is 0.444. The Hall–Kier alpha value is -3.29. The molecule has 31 heavy (non-hydrogen) atoms. The molecule has 3 rings (SSSR count). The summed E-state index contributed by atoms with van der Waals surface area (Å²) in [5, 5.41) is 6.67. The second-order valence-electron chi connectivity index (χ2n) is 6.89. The van der Waals surface area contributed by atoms with Crippen LogP contribution >= 0.6 is 0 Å². The molecule has 2 N–H and O–H groups in total. The van der Waals surface area contributed by atoms with E-state index in [9.17, 15) is 0 Å². The van der Waals surface area contributed by atoms with Crippen LogP contribution in [-0.2, 0) is 12.8 Å². The molecule has 0 atom stereocenters. The Balaban J connectivity index is 1.58. The average molecular weight is 430 g/mol. The lowest BCUT2D eigenvalue weighted by Gasteiger charge is -2.15. The number of nitrogens with zero attached hydrogens (tertiary/aromatic N) is 1. The predicted molar refractivity (Wildman–Crippen MR) is 120 cm³/mol. The molecule has 1 aliphatic heterocycles. The molecule has 8 heteroatoms. The SMILES string of the molecule is CCNC(=NCCc1c(OC)cc(OC)cc1OC)NCCc1ccc2c(c1)OCO2. The summed E-state index contributed by atoms with van der Waals surface area (Å²) in [6.07, 6.45) is 1.52. The van der Waals surface area contributed by atoms with Crippen LogP contribution in [-0.4, -0.2) is 53.7 Å². The van der Waals surface area contributed by atoms with E-state index in [1.54, 1.807) is 21.3 Å². The van der Waals surface area contributed by atoms with Gasteiger partial charge in [0.2, 0.25) is 6.79 Å². The van der Waals surface area contributed by atoms with E-state index < -0.39 is 0 Å². The molecule has 0 spiro atoms. The van der Waals surface area contributed by atoms with Crippen molar-refractivity contribution < 1.29 is 23.7 Å². The van der Waals surface area contributed by atoms with E-state index >= 15 is 0 Å². The monoisotopic (exact) mass is 429 g/mol. The molecule has 0 bridgehead atoms. The molecule has 0 aliphatic carbocycles. The van der Waals surface area contributed by atoms with Crippen LogP contribution < -0.4 is 34.3 Å². The molecule has 8 nitrogen and oxygen atoms in total. The van der Waals surface area contributed by atoms with Gasteiger partial charge in [0.25, 0.3) is 0 Å². The van der Waals surface area contributed by atoms with Crippen molar-refractivity contribution in [2.75, 3.05) is 47.8 Å². The van der Waals surface area contributed by atoms with Crippen molar-refractivity contribution >= 4 is 5.96 Å². The molecule has 0 unspecified atom stereocenters. The van der Waals surface area contributed by atoms with Crippen molar-refractivity contribution in [2.45, 2.75) is 19.8 Å². The number of methoxy groups -OCH3 is 3. The zero-order chi connectivity index (χ0) is 22.1. The molecule has 1 aliphatic rings. The molecule has 0 saturated heterocycles. The second-order valence-corrected chi connectivity index (χ2v) is 6.89. The van der Waals surface area contributed by atoms with Crippen LogP contribution in [0.25, 0.3) is 0 Å². The van der Waals surface area contributed by atoms with Gasteiger partial charge in [-0.05, 0) is 37.5 Å². The van der Waals surface area contributed by atoms with Crippen LogP contribution in [0.4, 0.5) is 0 Å². The van der Waals surface area contributed by atoms with Crippen LogP contribution in [0, 0.1) is 0 Å². The summed E-state index contributed by atoms with van der Waals surface area (Å²) < 4.78 is 27.2. The summed E-state index contributed by atoms with van der Waals surface area (Å²) in [5.41, 5.74) is 2.14. The van der Waals surface area contributed by atoms with Gasteiger partial charge in [0.15, 0.2) is 17.5 Å².